The van der Waals surface area contributed by atoms with Crippen LogP contribution in [0.15, 0.2) is 24.3 Å². The summed E-state index contributed by atoms with van der Waals surface area (Å²) in [5, 5.41) is 3.32. The number of carbonyl (C=O) groups excluding carboxylic acids is 2. The second-order valence-electron chi connectivity index (χ2n) is 5.99. The number of carbonyl (C=O) groups is 2. The second kappa shape index (κ2) is 6.60. The standard InChI is InChI=1S/C17H20N4O2S/c1-11(22)18-17-19-14-8-9-21(10-15(14)24-17)16(23)12-4-6-13(7-5-12)20(2)3/h4-7H,8-10H2,1-3H3,(H,18,19,22). The third-order valence-corrected chi connectivity index (χ3v) is 4.93. The summed E-state index contributed by atoms with van der Waals surface area (Å²) in [4.78, 5) is 33.2. The van der Waals surface area contributed by atoms with Gasteiger partial charge >= 0.3 is 0 Å². The molecule has 1 aliphatic heterocycles. The van der Waals surface area contributed by atoms with Gasteiger partial charge in [-0.05, 0) is 24.3 Å². The van der Waals surface area contributed by atoms with Gasteiger partial charge in [-0.1, -0.05) is 11.3 Å². The number of anilines is 2. The van der Waals surface area contributed by atoms with Crippen LogP contribution < -0.4 is 10.2 Å². The summed E-state index contributed by atoms with van der Waals surface area (Å²) in [5.41, 5.74) is 2.74. The van der Waals surface area contributed by atoms with Crippen LogP contribution in [-0.4, -0.2) is 42.3 Å². The molecular formula is C17H20N4O2S. The molecule has 1 aliphatic rings. The van der Waals surface area contributed by atoms with Gasteiger partial charge in [0.25, 0.3) is 5.91 Å². The van der Waals surface area contributed by atoms with E-state index in [1.54, 1.807) is 0 Å². The highest BCUT2D eigenvalue weighted by Gasteiger charge is 2.25. The van der Waals surface area contributed by atoms with Crippen molar-refractivity contribution >= 4 is 34.0 Å². The molecule has 2 aromatic rings. The van der Waals surface area contributed by atoms with E-state index in [9.17, 15) is 9.59 Å². The van der Waals surface area contributed by atoms with E-state index in [0.29, 0.717) is 30.2 Å². The maximum absolute atomic E-state index is 12.7. The Kier molecular flexibility index (Phi) is 4.53. The van der Waals surface area contributed by atoms with Crippen molar-refractivity contribution in [1.29, 1.82) is 0 Å². The highest BCUT2D eigenvalue weighted by Crippen LogP contribution is 2.29. The summed E-state index contributed by atoms with van der Waals surface area (Å²) in [6.45, 7) is 2.65. The highest BCUT2D eigenvalue weighted by molar-refractivity contribution is 7.15. The topological polar surface area (TPSA) is 65.5 Å². The van der Waals surface area contributed by atoms with E-state index >= 15 is 0 Å². The minimum absolute atomic E-state index is 0.0282. The Labute approximate surface area is 145 Å². The second-order valence-corrected chi connectivity index (χ2v) is 7.07. The number of amides is 2. The average Bonchev–Trinajstić information content (AvgIpc) is 2.94. The molecular weight excluding hydrogens is 324 g/mol. The van der Waals surface area contributed by atoms with Crippen LogP contribution in [0.4, 0.5) is 10.8 Å². The van der Waals surface area contributed by atoms with Crippen molar-refractivity contribution in [2.45, 2.75) is 19.9 Å². The molecule has 0 unspecified atom stereocenters. The molecule has 1 aromatic carbocycles. The SMILES string of the molecule is CC(=O)Nc1nc2c(s1)CN(C(=O)c1ccc(N(C)C)cc1)CC2. The predicted molar refractivity (Wildman–Crippen MR) is 95.6 cm³/mol. The molecule has 7 heteroatoms. The first-order chi connectivity index (χ1) is 11.4. The molecule has 126 valence electrons. The molecule has 0 spiro atoms. The van der Waals surface area contributed by atoms with Gasteiger partial charge in [0.05, 0.1) is 12.2 Å². The quantitative estimate of drug-likeness (QED) is 0.928. The van der Waals surface area contributed by atoms with Crippen LogP contribution in [0.5, 0.6) is 0 Å². The fourth-order valence-electron chi connectivity index (χ4n) is 2.66. The Morgan fingerprint density at radius 2 is 1.96 bits per heavy atom. The Morgan fingerprint density at radius 3 is 2.58 bits per heavy atom. The number of nitrogens with one attached hydrogen (secondary N) is 1. The fourth-order valence-corrected chi connectivity index (χ4v) is 3.73. The fraction of sp³-hybridized carbons (Fsp3) is 0.353. The van der Waals surface area contributed by atoms with Crippen molar-refractivity contribution in [3.63, 3.8) is 0 Å². The molecule has 24 heavy (non-hydrogen) atoms. The summed E-state index contributed by atoms with van der Waals surface area (Å²) in [7, 11) is 3.94. The normalized spacial score (nSPS) is 13.4. The van der Waals surface area contributed by atoms with Gasteiger partial charge in [0.15, 0.2) is 5.13 Å². The number of thiazole rings is 1. The molecule has 2 amide bonds. The van der Waals surface area contributed by atoms with Gasteiger partial charge in [-0.3, -0.25) is 9.59 Å². The maximum atomic E-state index is 12.7. The maximum Gasteiger partial charge on any atom is 0.254 e. The van der Waals surface area contributed by atoms with Gasteiger partial charge in [0.2, 0.25) is 5.91 Å². The van der Waals surface area contributed by atoms with Crippen LogP contribution in [0, 0.1) is 0 Å². The van der Waals surface area contributed by atoms with E-state index < -0.39 is 0 Å². The van der Waals surface area contributed by atoms with Crippen LogP contribution in [0.1, 0.15) is 27.9 Å². The van der Waals surface area contributed by atoms with Gasteiger partial charge in [0.1, 0.15) is 0 Å². The van der Waals surface area contributed by atoms with Crippen molar-refractivity contribution in [3.8, 4) is 0 Å². The van der Waals surface area contributed by atoms with Crippen LogP contribution in [0.2, 0.25) is 0 Å². The Hall–Kier alpha value is -2.41. The molecule has 2 heterocycles. The van der Waals surface area contributed by atoms with Gasteiger partial charge in [-0.15, -0.1) is 0 Å². The number of aromatic nitrogens is 1. The summed E-state index contributed by atoms with van der Waals surface area (Å²) in [6, 6.07) is 7.62. The molecule has 0 fully saturated rings. The molecule has 0 aliphatic carbocycles. The largest absolute Gasteiger partial charge is 0.378 e. The van der Waals surface area contributed by atoms with Crippen LogP contribution in [0.3, 0.4) is 0 Å². The summed E-state index contributed by atoms with van der Waals surface area (Å²) in [5.74, 6) is -0.101. The van der Waals surface area contributed by atoms with Crippen LogP contribution in [0.25, 0.3) is 0 Å². The number of hydrogen-bond donors (Lipinski definition) is 1. The first-order valence-corrected chi connectivity index (χ1v) is 8.58. The number of fused-ring (bicyclic) bond motifs is 1. The highest BCUT2D eigenvalue weighted by atomic mass is 32.1. The third kappa shape index (κ3) is 3.41. The summed E-state index contributed by atoms with van der Waals surface area (Å²) in [6.07, 6.45) is 0.715. The lowest BCUT2D eigenvalue weighted by atomic mass is 10.1. The van der Waals surface area contributed by atoms with Crippen LogP contribution >= 0.6 is 11.3 Å². The van der Waals surface area contributed by atoms with Crippen molar-refractivity contribution < 1.29 is 9.59 Å². The van der Waals surface area contributed by atoms with Crippen molar-refractivity contribution in [2.75, 3.05) is 30.9 Å². The predicted octanol–water partition coefficient (Wildman–Crippen LogP) is 2.37. The molecule has 3 rings (SSSR count). The number of hydrogen-bond acceptors (Lipinski definition) is 5. The zero-order chi connectivity index (χ0) is 17.3. The van der Waals surface area contributed by atoms with Gasteiger partial charge in [-0.2, -0.15) is 0 Å². The first-order valence-electron chi connectivity index (χ1n) is 7.77. The number of rotatable bonds is 3. The minimum Gasteiger partial charge on any atom is -0.378 e. The van der Waals surface area contributed by atoms with Crippen molar-refractivity contribution in [3.05, 3.63) is 40.4 Å². The van der Waals surface area contributed by atoms with E-state index in [0.717, 1.165) is 16.3 Å². The molecule has 0 bridgehead atoms. The monoisotopic (exact) mass is 344 g/mol. The van der Waals surface area contributed by atoms with Gasteiger partial charge < -0.3 is 15.1 Å². The number of nitrogens with zero attached hydrogens (tertiary/aromatic N) is 3. The zero-order valence-corrected chi connectivity index (χ0v) is 14.8. The van der Waals surface area contributed by atoms with Crippen molar-refractivity contribution in [2.24, 2.45) is 0 Å². The van der Waals surface area contributed by atoms with Gasteiger partial charge in [-0.25, -0.2) is 4.98 Å². The first kappa shape index (κ1) is 16.4. The van der Waals surface area contributed by atoms with Crippen LogP contribution in [-0.2, 0) is 17.8 Å². The number of benzene rings is 1. The van der Waals surface area contributed by atoms with E-state index in [1.807, 2.05) is 48.2 Å². The van der Waals surface area contributed by atoms with E-state index in [1.165, 1.54) is 18.3 Å². The lowest BCUT2D eigenvalue weighted by Crippen LogP contribution is -2.35. The van der Waals surface area contributed by atoms with E-state index in [2.05, 4.69) is 10.3 Å². The molecule has 0 saturated carbocycles. The smallest absolute Gasteiger partial charge is 0.254 e. The average molecular weight is 344 g/mol. The molecule has 1 aromatic heterocycles. The molecule has 0 atom stereocenters. The van der Waals surface area contributed by atoms with Gasteiger partial charge in [0, 0.05) is 50.1 Å². The molecule has 0 saturated heterocycles. The lowest BCUT2D eigenvalue weighted by Gasteiger charge is -2.26. The third-order valence-electron chi connectivity index (χ3n) is 3.93. The Bertz CT molecular complexity index is 767. The molecule has 0 radical (unpaired) electrons. The van der Waals surface area contributed by atoms with E-state index in [4.69, 9.17) is 0 Å². The Balaban J connectivity index is 1.73. The lowest BCUT2D eigenvalue weighted by molar-refractivity contribution is -0.114. The molecule has 6 nitrogen and oxygen atoms in total. The van der Waals surface area contributed by atoms with E-state index in [-0.39, 0.29) is 11.8 Å². The Morgan fingerprint density at radius 1 is 1.25 bits per heavy atom. The molecule has 1 N–H and O–H groups in total. The zero-order valence-electron chi connectivity index (χ0n) is 14.0. The summed E-state index contributed by atoms with van der Waals surface area (Å²) < 4.78 is 0. The van der Waals surface area contributed by atoms with Crippen molar-refractivity contribution in [1.82, 2.24) is 9.88 Å². The summed E-state index contributed by atoms with van der Waals surface area (Å²) >= 11 is 1.44. The minimum atomic E-state index is -0.130.